The first-order valence-corrected chi connectivity index (χ1v) is 9.85. The second-order valence-corrected chi connectivity index (χ2v) is 8.25. The number of hydrogen-bond acceptors (Lipinski definition) is 5. The zero-order valence-electron chi connectivity index (χ0n) is 14.4. The molecule has 1 heterocycles. The van der Waals surface area contributed by atoms with Gasteiger partial charge in [-0.15, -0.1) is 10.2 Å². The van der Waals surface area contributed by atoms with E-state index in [4.69, 9.17) is 16.0 Å². The monoisotopic (exact) mass is 379 g/mol. The quantitative estimate of drug-likeness (QED) is 0.771. The Balaban J connectivity index is 1.58. The molecule has 3 atom stereocenters. The zero-order valence-corrected chi connectivity index (χ0v) is 15.9. The number of carbonyl (C=O) groups is 1. The molecule has 0 bridgehead atoms. The number of benzene rings is 1. The second-order valence-electron chi connectivity index (χ2n) is 6.52. The molecule has 7 heteroatoms. The number of rotatable bonds is 5. The van der Waals surface area contributed by atoms with Crippen molar-refractivity contribution >= 4 is 29.3 Å². The molecule has 0 saturated heterocycles. The van der Waals surface area contributed by atoms with Crippen LogP contribution in [0.1, 0.15) is 39.5 Å². The van der Waals surface area contributed by atoms with Crippen LogP contribution in [0.3, 0.4) is 0 Å². The summed E-state index contributed by atoms with van der Waals surface area (Å²) >= 11 is 7.16. The predicted octanol–water partition coefficient (Wildman–Crippen LogP) is 4.57. The summed E-state index contributed by atoms with van der Waals surface area (Å²) in [5.74, 6) is 0.984. The van der Waals surface area contributed by atoms with Crippen molar-refractivity contribution < 1.29 is 9.21 Å². The summed E-state index contributed by atoms with van der Waals surface area (Å²) < 4.78 is 5.66. The van der Waals surface area contributed by atoms with Crippen LogP contribution in [-0.4, -0.2) is 27.4 Å². The van der Waals surface area contributed by atoms with Crippen molar-refractivity contribution in [3.63, 3.8) is 0 Å². The lowest BCUT2D eigenvalue weighted by Crippen LogP contribution is -2.44. The van der Waals surface area contributed by atoms with Gasteiger partial charge in [-0.3, -0.25) is 4.79 Å². The van der Waals surface area contributed by atoms with Gasteiger partial charge in [-0.1, -0.05) is 43.1 Å². The molecule has 1 saturated carbocycles. The molecule has 1 aliphatic rings. The van der Waals surface area contributed by atoms with Crippen LogP contribution < -0.4 is 5.32 Å². The number of halogens is 1. The van der Waals surface area contributed by atoms with Gasteiger partial charge in [-0.05, 0) is 49.9 Å². The van der Waals surface area contributed by atoms with Crippen molar-refractivity contribution in [2.24, 2.45) is 5.92 Å². The lowest BCUT2D eigenvalue weighted by Gasteiger charge is -2.30. The Hall–Kier alpha value is -1.53. The van der Waals surface area contributed by atoms with E-state index in [-0.39, 0.29) is 17.2 Å². The second kappa shape index (κ2) is 8.23. The SMILES string of the molecule is C[C@@H]1CCCC[C@H]1NC(=O)[C@@H](C)Sc1nnc(-c2ccc(Cl)cc2)o1. The minimum absolute atomic E-state index is 0.0231. The van der Waals surface area contributed by atoms with Crippen LogP contribution in [0.15, 0.2) is 33.9 Å². The molecule has 0 aliphatic heterocycles. The number of aromatic nitrogens is 2. The Kier molecular flexibility index (Phi) is 6.02. The van der Waals surface area contributed by atoms with Crippen LogP contribution in [0, 0.1) is 5.92 Å². The summed E-state index contributed by atoms with van der Waals surface area (Å²) in [6, 6.07) is 7.47. The van der Waals surface area contributed by atoms with Crippen LogP contribution in [0.5, 0.6) is 0 Å². The van der Waals surface area contributed by atoms with Crippen LogP contribution >= 0.6 is 23.4 Å². The fourth-order valence-corrected chi connectivity index (χ4v) is 3.82. The molecule has 134 valence electrons. The fraction of sp³-hybridized carbons (Fsp3) is 0.500. The summed E-state index contributed by atoms with van der Waals surface area (Å²) in [5.41, 5.74) is 0.803. The van der Waals surface area contributed by atoms with E-state index in [0.717, 1.165) is 12.0 Å². The highest BCUT2D eigenvalue weighted by Gasteiger charge is 2.26. The highest BCUT2D eigenvalue weighted by atomic mass is 35.5. The van der Waals surface area contributed by atoms with Gasteiger partial charge in [0.25, 0.3) is 5.22 Å². The van der Waals surface area contributed by atoms with Gasteiger partial charge in [-0.25, -0.2) is 0 Å². The van der Waals surface area contributed by atoms with Gasteiger partial charge in [0.2, 0.25) is 11.8 Å². The summed E-state index contributed by atoms with van der Waals surface area (Å²) in [4.78, 5) is 12.4. The maximum absolute atomic E-state index is 12.4. The molecule has 1 N–H and O–H groups in total. The van der Waals surface area contributed by atoms with Gasteiger partial charge >= 0.3 is 0 Å². The molecule has 2 aromatic rings. The van der Waals surface area contributed by atoms with Crippen LogP contribution in [-0.2, 0) is 4.79 Å². The Labute approximate surface area is 156 Å². The highest BCUT2D eigenvalue weighted by Crippen LogP contribution is 2.28. The first-order valence-electron chi connectivity index (χ1n) is 8.59. The van der Waals surface area contributed by atoms with Crippen molar-refractivity contribution in [3.05, 3.63) is 29.3 Å². The predicted molar refractivity (Wildman–Crippen MR) is 99.6 cm³/mol. The van der Waals surface area contributed by atoms with Crippen LogP contribution in [0.2, 0.25) is 5.02 Å². The number of hydrogen-bond donors (Lipinski definition) is 1. The Bertz CT molecular complexity index is 719. The number of nitrogens with zero attached hydrogens (tertiary/aromatic N) is 2. The lowest BCUT2D eigenvalue weighted by molar-refractivity contribution is -0.121. The minimum Gasteiger partial charge on any atom is -0.411 e. The average molecular weight is 380 g/mol. The molecule has 25 heavy (non-hydrogen) atoms. The third-order valence-corrected chi connectivity index (χ3v) is 5.77. The van der Waals surface area contributed by atoms with E-state index in [9.17, 15) is 4.79 Å². The molecule has 3 rings (SSSR count). The van der Waals surface area contributed by atoms with Crippen molar-refractivity contribution in [1.82, 2.24) is 15.5 Å². The maximum atomic E-state index is 12.4. The summed E-state index contributed by atoms with van der Waals surface area (Å²) in [6.07, 6.45) is 4.68. The molecular formula is C18H22ClN3O2S. The van der Waals surface area contributed by atoms with E-state index in [1.54, 1.807) is 12.1 Å². The zero-order chi connectivity index (χ0) is 17.8. The lowest BCUT2D eigenvalue weighted by atomic mass is 9.86. The number of carbonyl (C=O) groups excluding carboxylic acids is 1. The van der Waals surface area contributed by atoms with E-state index in [1.807, 2.05) is 19.1 Å². The molecule has 1 amide bonds. The third-order valence-electron chi connectivity index (χ3n) is 4.58. The summed E-state index contributed by atoms with van der Waals surface area (Å²) in [6.45, 7) is 4.07. The first kappa shape index (κ1) is 18.3. The largest absolute Gasteiger partial charge is 0.411 e. The van der Waals surface area contributed by atoms with Crippen molar-refractivity contribution in [1.29, 1.82) is 0 Å². The number of thioether (sulfide) groups is 1. The molecule has 0 radical (unpaired) electrons. The molecular weight excluding hydrogens is 358 g/mol. The van der Waals surface area contributed by atoms with Gasteiger partial charge in [0.15, 0.2) is 0 Å². The minimum atomic E-state index is -0.285. The van der Waals surface area contributed by atoms with Gasteiger partial charge in [0.1, 0.15) is 0 Å². The third kappa shape index (κ3) is 4.76. The Morgan fingerprint density at radius 3 is 2.72 bits per heavy atom. The van der Waals surface area contributed by atoms with E-state index in [1.165, 1.54) is 31.0 Å². The van der Waals surface area contributed by atoms with Crippen molar-refractivity contribution in [3.8, 4) is 11.5 Å². The van der Waals surface area contributed by atoms with Crippen LogP contribution in [0.4, 0.5) is 0 Å². The maximum Gasteiger partial charge on any atom is 0.277 e. The van der Waals surface area contributed by atoms with Crippen LogP contribution in [0.25, 0.3) is 11.5 Å². The molecule has 5 nitrogen and oxygen atoms in total. The van der Waals surface area contributed by atoms with Gasteiger partial charge in [0.05, 0.1) is 5.25 Å². The van der Waals surface area contributed by atoms with E-state index in [2.05, 4.69) is 22.4 Å². The topological polar surface area (TPSA) is 68.0 Å². The Morgan fingerprint density at radius 2 is 2.00 bits per heavy atom. The highest BCUT2D eigenvalue weighted by molar-refractivity contribution is 8.00. The molecule has 0 unspecified atom stereocenters. The smallest absolute Gasteiger partial charge is 0.277 e. The van der Waals surface area contributed by atoms with E-state index >= 15 is 0 Å². The van der Waals surface area contributed by atoms with Gasteiger partial charge in [0, 0.05) is 16.6 Å². The molecule has 1 aromatic carbocycles. The Morgan fingerprint density at radius 1 is 1.28 bits per heavy atom. The fourth-order valence-electron chi connectivity index (χ4n) is 3.00. The van der Waals surface area contributed by atoms with Gasteiger partial charge < -0.3 is 9.73 Å². The molecule has 0 spiro atoms. The standard InChI is InChI=1S/C18H22ClN3O2S/c1-11-5-3-4-6-15(11)20-16(23)12(2)25-18-22-21-17(24-18)13-7-9-14(19)10-8-13/h7-12,15H,3-6H2,1-2H3,(H,20,23)/t11-,12-,15-/m1/s1. The normalized spacial score (nSPS) is 21.7. The van der Waals surface area contributed by atoms with Gasteiger partial charge in [-0.2, -0.15) is 0 Å². The number of nitrogens with one attached hydrogen (secondary N) is 1. The van der Waals surface area contributed by atoms with Crippen molar-refractivity contribution in [2.45, 2.75) is 56.0 Å². The van der Waals surface area contributed by atoms with Crippen molar-refractivity contribution in [2.75, 3.05) is 0 Å². The summed E-state index contributed by atoms with van der Waals surface area (Å²) in [7, 11) is 0. The van der Waals surface area contributed by atoms with E-state index < -0.39 is 0 Å². The molecule has 1 fully saturated rings. The van der Waals surface area contributed by atoms with E-state index in [0.29, 0.717) is 22.1 Å². The molecule has 1 aliphatic carbocycles. The number of amides is 1. The summed E-state index contributed by atoms with van der Waals surface area (Å²) in [5, 5.41) is 12.0. The average Bonchev–Trinajstić information content (AvgIpc) is 3.06. The first-order chi connectivity index (χ1) is 12.0. The molecule has 1 aromatic heterocycles.